The van der Waals surface area contributed by atoms with Crippen molar-refractivity contribution < 1.29 is 9.84 Å². The SMILES string of the molecule is COc1cccc(C=NCc2ccc(CN3CCCC3)cc2)c1O. The molecule has 1 aliphatic heterocycles. The summed E-state index contributed by atoms with van der Waals surface area (Å²) in [5.41, 5.74) is 3.19. The number of para-hydroxylation sites is 1. The zero-order chi connectivity index (χ0) is 16.8. The minimum atomic E-state index is 0.129. The van der Waals surface area contributed by atoms with Gasteiger partial charge in [0.05, 0.1) is 13.7 Å². The molecule has 0 aliphatic carbocycles. The first-order valence-corrected chi connectivity index (χ1v) is 8.42. The van der Waals surface area contributed by atoms with Gasteiger partial charge >= 0.3 is 0 Å². The number of nitrogens with zero attached hydrogens (tertiary/aromatic N) is 2. The molecule has 0 amide bonds. The van der Waals surface area contributed by atoms with Crippen molar-refractivity contribution in [2.45, 2.75) is 25.9 Å². The van der Waals surface area contributed by atoms with E-state index in [2.05, 4.69) is 34.2 Å². The minimum absolute atomic E-state index is 0.129. The summed E-state index contributed by atoms with van der Waals surface area (Å²) in [6.07, 6.45) is 4.34. The summed E-state index contributed by atoms with van der Waals surface area (Å²) in [4.78, 5) is 6.93. The van der Waals surface area contributed by atoms with Crippen LogP contribution >= 0.6 is 0 Å². The molecule has 0 bridgehead atoms. The monoisotopic (exact) mass is 324 g/mol. The van der Waals surface area contributed by atoms with Gasteiger partial charge in [0.1, 0.15) is 0 Å². The van der Waals surface area contributed by atoms with E-state index in [1.807, 2.05) is 12.1 Å². The lowest BCUT2D eigenvalue weighted by molar-refractivity contribution is 0.331. The van der Waals surface area contributed by atoms with Crippen LogP contribution in [0.3, 0.4) is 0 Å². The number of rotatable bonds is 6. The van der Waals surface area contributed by atoms with Crippen molar-refractivity contribution in [3.8, 4) is 11.5 Å². The molecule has 0 saturated carbocycles. The largest absolute Gasteiger partial charge is 0.504 e. The Morgan fingerprint density at radius 1 is 1.08 bits per heavy atom. The lowest BCUT2D eigenvalue weighted by Gasteiger charge is -2.14. The maximum atomic E-state index is 10.0. The van der Waals surface area contributed by atoms with Crippen molar-refractivity contribution in [3.05, 3.63) is 59.2 Å². The summed E-state index contributed by atoms with van der Waals surface area (Å²) >= 11 is 0. The molecule has 0 radical (unpaired) electrons. The summed E-state index contributed by atoms with van der Waals surface area (Å²) in [6, 6.07) is 14.0. The van der Waals surface area contributed by atoms with Crippen LogP contribution in [-0.4, -0.2) is 36.4 Å². The van der Waals surface area contributed by atoms with E-state index < -0.39 is 0 Å². The molecule has 0 atom stereocenters. The molecule has 1 N–H and O–H groups in total. The van der Waals surface area contributed by atoms with E-state index in [9.17, 15) is 5.11 Å². The van der Waals surface area contributed by atoms with E-state index in [4.69, 9.17) is 4.74 Å². The van der Waals surface area contributed by atoms with Gasteiger partial charge in [-0.15, -0.1) is 0 Å². The van der Waals surface area contributed by atoms with Crippen LogP contribution in [0.25, 0.3) is 0 Å². The standard InChI is InChI=1S/C20H24N2O2/c1-24-19-6-4-5-18(20(19)23)14-21-13-16-7-9-17(10-8-16)15-22-11-2-3-12-22/h4-10,14,23H,2-3,11-13,15H2,1H3. The Morgan fingerprint density at radius 2 is 1.79 bits per heavy atom. The first-order chi connectivity index (χ1) is 11.8. The number of likely N-dealkylation sites (tertiary alicyclic amines) is 1. The lowest BCUT2D eigenvalue weighted by Crippen LogP contribution is -2.18. The zero-order valence-corrected chi connectivity index (χ0v) is 14.1. The van der Waals surface area contributed by atoms with Crippen LogP contribution in [0.15, 0.2) is 47.5 Å². The third-order valence-corrected chi connectivity index (χ3v) is 4.38. The number of phenols is 1. The van der Waals surface area contributed by atoms with Gasteiger partial charge in [-0.2, -0.15) is 0 Å². The van der Waals surface area contributed by atoms with Crippen molar-refractivity contribution >= 4 is 6.21 Å². The fourth-order valence-electron chi connectivity index (χ4n) is 3.01. The quantitative estimate of drug-likeness (QED) is 0.826. The van der Waals surface area contributed by atoms with E-state index >= 15 is 0 Å². The first kappa shape index (κ1) is 16.5. The number of hydrogen-bond acceptors (Lipinski definition) is 4. The number of benzene rings is 2. The Labute approximate surface area is 143 Å². The lowest BCUT2D eigenvalue weighted by atomic mass is 10.1. The molecule has 0 aromatic heterocycles. The van der Waals surface area contributed by atoms with Gasteiger partial charge in [-0.25, -0.2) is 0 Å². The Balaban J connectivity index is 1.58. The van der Waals surface area contributed by atoms with Gasteiger partial charge in [0.2, 0.25) is 0 Å². The summed E-state index contributed by atoms with van der Waals surface area (Å²) in [7, 11) is 1.54. The number of phenolic OH excluding ortho intramolecular Hbond substituents is 1. The van der Waals surface area contributed by atoms with Crippen molar-refractivity contribution in [1.82, 2.24) is 4.90 Å². The van der Waals surface area contributed by atoms with Crippen LogP contribution in [0, 0.1) is 0 Å². The van der Waals surface area contributed by atoms with Gasteiger partial charge in [-0.05, 0) is 49.2 Å². The topological polar surface area (TPSA) is 45.1 Å². The molecule has 24 heavy (non-hydrogen) atoms. The van der Waals surface area contributed by atoms with E-state index in [1.165, 1.54) is 37.1 Å². The molecule has 3 rings (SSSR count). The van der Waals surface area contributed by atoms with Crippen molar-refractivity contribution in [2.75, 3.05) is 20.2 Å². The highest BCUT2D eigenvalue weighted by Gasteiger charge is 2.11. The molecule has 1 fully saturated rings. The van der Waals surface area contributed by atoms with Crippen LogP contribution in [0.5, 0.6) is 11.5 Å². The van der Waals surface area contributed by atoms with Gasteiger partial charge in [0.25, 0.3) is 0 Å². The molecular weight excluding hydrogens is 300 g/mol. The molecule has 0 spiro atoms. The summed E-state index contributed by atoms with van der Waals surface area (Å²) < 4.78 is 5.10. The molecule has 0 unspecified atom stereocenters. The van der Waals surface area contributed by atoms with Crippen LogP contribution in [0.2, 0.25) is 0 Å². The first-order valence-electron chi connectivity index (χ1n) is 8.42. The van der Waals surface area contributed by atoms with Gasteiger partial charge in [0, 0.05) is 18.3 Å². The second-order valence-corrected chi connectivity index (χ2v) is 6.17. The third-order valence-electron chi connectivity index (χ3n) is 4.38. The van der Waals surface area contributed by atoms with Crippen LogP contribution in [-0.2, 0) is 13.1 Å². The number of hydrogen-bond donors (Lipinski definition) is 1. The fraction of sp³-hybridized carbons (Fsp3) is 0.350. The van der Waals surface area contributed by atoms with E-state index in [1.54, 1.807) is 19.4 Å². The highest BCUT2D eigenvalue weighted by atomic mass is 16.5. The average molecular weight is 324 g/mol. The normalized spacial score (nSPS) is 15.2. The molecule has 1 aliphatic rings. The Bertz CT molecular complexity index is 689. The van der Waals surface area contributed by atoms with Crippen molar-refractivity contribution in [3.63, 3.8) is 0 Å². The van der Waals surface area contributed by atoms with Crippen molar-refractivity contribution in [2.24, 2.45) is 4.99 Å². The molecular formula is C20H24N2O2. The smallest absolute Gasteiger partial charge is 0.166 e. The Hall–Kier alpha value is -2.33. The summed E-state index contributed by atoms with van der Waals surface area (Å²) in [5.74, 6) is 0.593. The summed E-state index contributed by atoms with van der Waals surface area (Å²) in [6.45, 7) is 4.08. The van der Waals surface area contributed by atoms with Crippen molar-refractivity contribution in [1.29, 1.82) is 0 Å². The van der Waals surface area contributed by atoms with Crippen LogP contribution in [0.4, 0.5) is 0 Å². The highest BCUT2D eigenvalue weighted by molar-refractivity contribution is 5.84. The van der Waals surface area contributed by atoms with Crippen LogP contribution in [0.1, 0.15) is 29.5 Å². The minimum Gasteiger partial charge on any atom is -0.504 e. The maximum absolute atomic E-state index is 10.0. The molecule has 2 aromatic rings. The Kier molecular flexibility index (Phi) is 5.49. The van der Waals surface area contributed by atoms with Gasteiger partial charge in [0.15, 0.2) is 11.5 Å². The summed E-state index contributed by atoms with van der Waals surface area (Å²) in [5, 5.41) is 10.0. The fourth-order valence-corrected chi connectivity index (χ4v) is 3.01. The van der Waals surface area contributed by atoms with Gasteiger partial charge in [-0.3, -0.25) is 9.89 Å². The van der Waals surface area contributed by atoms with Crippen LogP contribution < -0.4 is 4.74 Å². The second-order valence-electron chi connectivity index (χ2n) is 6.17. The van der Waals surface area contributed by atoms with E-state index in [0.717, 1.165) is 6.54 Å². The highest BCUT2D eigenvalue weighted by Crippen LogP contribution is 2.28. The van der Waals surface area contributed by atoms with Gasteiger partial charge < -0.3 is 9.84 Å². The molecule has 1 heterocycles. The number of ether oxygens (including phenoxy) is 1. The molecule has 4 heteroatoms. The predicted octanol–water partition coefficient (Wildman–Crippen LogP) is 3.62. The van der Waals surface area contributed by atoms with Gasteiger partial charge in [-0.1, -0.05) is 30.3 Å². The Morgan fingerprint density at radius 3 is 2.50 bits per heavy atom. The average Bonchev–Trinajstić information content (AvgIpc) is 3.11. The van der Waals surface area contributed by atoms with E-state index in [0.29, 0.717) is 17.9 Å². The number of aromatic hydroxyl groups is 1. The molecule has 2 aromatic carbocycles. The number of methoxy groups -OCH3 is 1. The maximum Gasteiger partial charge on any atom is 0.166 e. The van der Waals surface area contributed by atoms with E-state index in [-0.39, 0.29) is 5.75 Å². The molecule has 126 valence electrons. The second kappa shape index (κ2) is 7.97. The number of aliphatic imine (C=N–C) groups is 1. The third kappa shape index (κ3) is 4.15. The molecule has 4 nitrogen and oxygen atoms in total. The zero-order valence-electron chi connectivity index (χ0n) is 14.1. The predicted molar refractivity (Wildman–Crippen MR) is 96.9 cm³/mol. The molecule has 1 saturated heterocycles.